The van der Waals surface area contributed by atoms with Crippen LogP contribution in [-0.2, 0) is 4.74 Å². The molecular weight excluding hydrogens is 363 g/mol. The van der Waals surface area contributed by atoms with Crippen LogP contribution < -0.4 is 9.64 Å². The average molecular weight is 381 g/mol. The average Bonchev–Trinajstić information content (AvgIpc) is 3.12. The van der Waals surface area contributed by atoms with E-state index in [0.717, 1.165) is 30.8 Å². The molecule has 0 radical (unpaired) electrons. The van der Waals surface area contributed by atoms with Crippen molar-refractivity contribution in [3.63, 3.8) is 0 Å². The maximum Gasteiger partial charge on any atom is 0.356 e. The van der Waals surface area contributed by atoms with Crippen molar-refractivity contribution in [3.05, 3.63) is 51.6 Å². The molecule has 5 nitrogen and oxygen atoms in total. The molecule has 0 N–H and O–H groups in total. The molecule has 25 heavy (non-hydrogen) atoms. The Labute approximate surface area is 156 Å². The first-order valence-electron chi connectivity index (χ1n) is 7.86. The monoisotopic (exact) mass is 380 g/mol. The third-order valence-electron chi connectivity index (χ3n) is 4.37. The predicted octanol–water partition coefficient (Wildman–Crippen LogP) is 4.18. The number of methoxy groups -OCH3 is 2. The van der Waals surface area contributed by atoms with Crippen molar-refractivity contribution in [1.29, 1.82) is 0 Å². The van der Waals surface area contributed by atoms with Gasteiger partial charge < -0.3 is 14.4 Å². The first kappa shape index (κ1) is 17.8. The highest BCUT2D eigenvalue weighted by molar-refractivity contribution is 6.42. The number of rotatable bonds is 4. The van der Waals surface area contributed by atoms with Gasteiger partial charge in [-0.25, -0.2) is 9.78 Å². The molecule has 1 unspecified atom stereocenters. The Morgan fingerprint density at radius 3 is 2.68 bits per heavy atom. The van der Waals surface area contributed by atoms with Crippen LogP contribution in [-0.4, -0.2) is 38.3 Å². The zero-order valence-corrected chi connectivity index (χ0v) is 15.5. The van der Waals surface area contributed by atoms with Gasteiger partial charge in [-0.2, -0.15) is 0 Å². The van der Waals surface area contributed by atoms with Crippen LogP contribution in [0, 0.1) is 0 Å². The molecular formula is C18H18Cl2N2O3. The number of carbonyl (C=O) groups is 1. The molecule has 132 valence electrons. The van der Waals surface area contributed by atoms with Crippen molar-refractivity contribution in [2.45, 2.75) is 12.3 Å². The van der Waals surface area contributed by atoms with E-state index in [-0.39, 0.29) is 11.6 Å². The summed E-state index contributed by atoms with van der Waals surface area (Å²) in [5.74, 6) is 0.237. The van der Waals surface area contributed by atoms with Crippen LogP contribution in [0.2, 0.25) is 10.0 Å². The van der Waals surface area contributed by atoms with E-state index < -0.39 is 5.97 Å². The fraction of sp³-hybridized carbons (Fsp3) is 0.333. The lowest BCUT2D eigenvalue weighted by atomic mass is 9.99. The normalized spacial score (nSPS) is 16.8. The lowest BCUT2D eigenvalue weighted by molar-refractivity contribution is 0.0593. The van der Waals surface area contributed by atoms with Gasteiger partial charge in [0, 0.05) is 30.3 Å². The highest BCUT2D eigenvalue weighted by Gasteiger charge is 2.28. The number of halogens is 2. The van der Waals surface area contributed by atoms with Crippen molar-refractivity contribution in [2.24, 2.45) is 0 Å². The number of aromatic nitrogens is 1. The summed E-state index contributed by atoms with van der Waals surface area (Å²) < 4.78 is 10.1. The fourth-order valence-electron chi connectivity index (χ4n) is 3.07. The summed E-state index contributed by atoms with van der Waals surface area (Å²) in [4.78, 5) is 18.2. The minimum Gasteiger partial charge on any atom is -0.481 e. The molecule has 0 amide bonds. The maximum atomic E-state index is 11.6. The molecule has 1 aliphatic heterocycles. The summed E-state index contributed by atoms with van der Waals surface area (Å²) in [6.07, 6.45) is 0.954. The third kappa shape index (κ3) is 3.67. The largest absolute Gasteiger partial charge is 0.481 e. The summed E-state index contributed by atoms with van der Waals surface area (Å²) in [5.41, 5.74) is 2.26. The van der Waals surface area contributed by atoms with Gasteiger partial charge in [0.2, 0.25) is 5.88 Å². The van der Waals surface area contributed by atoms with Gasteiger partial charge in [0.1, 0.15) is 0 Å². The number of pyridine rings is 1. The molecule has 3 rings (SSSR count). The molecule has 1 aliphatic rings. The van der Waals surface area contributed by atoms with Crippen LogP contribution in [0.3, 0.4) is 0 Å². The Balaban J connectivity index is 1.81. The van der Waals surface area contributed by atoms with Gasteiger partial charge in [-0.1, -0.05) is 29.3 Å². The summed E-state index contributed by atoms with van der Waals surface area (Å²) in [5, 5.41) is 1.09. The Morgan fingerprint density at radius 2 is 2.00 bits per heavy atom. The van der Waals surface area contributed by atoms with Crippen LogP contribution in [0.4, 0.5) is 5.69 Å². The lowest BCUT2D eigenvalue weighted by Gasteiger charge is -2.20. The van der Waals surface area contributed by atoms with E-state index in [1.54, 1.807) is 19.2 Å². The molecule has 1 aromatic heterocycles. The van der Waals surface area contributed by atoms with Gasteiger partial charge >= 0.3 is 5.97 Å². The number of benzene rings is 1. The molecule has 0 saturated carbocycles. The number of carbonyl (C=O) groups excluding carboxylic acids is 1. The summed E-state index contributed by atoms with van der Waals surface area (Å²) in [7, 11) is 2.88. The number of ether oxygens (including phenoxy) is 2. The first-order chi connectivity index (χ1) is 12.0. The Morgan fingerprint density at radius 1 is 1.20 bits per heavy atom. The van der Waals surface area contributed by atoms with Crippen LogP contribution >= 0.6 is 23.2 Å². The summed E-state index contributed by atoms with van der Waals surface area (Å²) in [6, 6.07) is 9.21. The minimum absolute atomic E-state index is 0.238. The molecule has 0 aliphatic carbocycles. The van der Waals surface area contributed by atoms with E-state index in [0.29, 0.717) is 15.9 Å². The molecule has 1 saturated heterocycles. The smallest absolute Gasteiger partial charge is 0.356 e. The molecule has 0 bridgehead atoms. The Kier molecular flexibility index (Phi) is 5.35. The first-order valence-corrected chi connectivity index (χ1v) is 8.62. The fourth-order valence-corrected chi connectivity index (χ4v) is 3.37. The summed E-state index contributed by atoms with van der Waals surface area (Å²) in [6.45, 7) is 1.71. The van der Waals surface area contributed by atoms with E-state index in [1.165, 1.54) is 7.11 Å². The summed E-state index contributed by atoms with van der Waals surface area (Å²) >= 11 is 12.1. The maximum absolute atomic E-state index is 11.6. The molecule has 2 aromatic rings. The van der Waals surface area contributed by atoms with Gasteiger partial charge in [-0.15, -0.1) is 0 Å². The molecule has 7 heteroatoms. The molecule has 1 atom stereocenters. The number of nitrogens with zero attached hydrogens (tertiary/aromatic N) is 2. The third-order valence-corrected chi connectivity index (χ3v) is 5.11. The van der Waals surface area contributed by atoms with Gasteiger partial charge in [0.25, 0.3) is 0 Å². The van der Waals surface area contributed by atoms with Crippen molar-refractivity contribution in [2.75, 3.05) is 32.2 Å². The topological polar surface area (TPSA) is 51.7 Å². The Hall–Kier alpha value is -1.98. The second-order valence-corrected chi connectivity index (χ2v) is 6.63. The second kappa shape index (κ2) is 7.50. The van der Waals surface area contributed by atoms with Gasteiger partial charge in [-0.3, -0.25) is 0 Å². The lowest BCUT2D eigenvalue weighted by Crippen LogP contribution is -2.19. The standard InChI is InChI=1S/C18H18Cl2N2O3/c1-24-17-13(4-6-16(21-17)18(23)25-2)11-7-8-22(10-11)12-3-5-14(19)15(20)9-12/h3-6,9,11H,7-8,10H2,1-2H3. The van der Waals surface area contributed by atoms with Gasteiger partial charge in [0.15, 0.2) is 5.69 Å². The van der Waals surface area contributed by atoms with E-state index >= 15 is 0 Å². The van der Waals surface area contributed by atoms with Crippen molar-refractivity contribution >= 4 is 34.9 Å². The number of esters is 1. The Bertz CT molecular complexity index is 798. The number of anilines is 1. The van der Waals surface area contributed by atoms with Gasteiger partial charge in [0.05, 0.1) is 24.3 Å². The molecule has 0 spiro atoms. The van der Waals surface area contributed by atoms with E-state index in [2.05, 4.69) is 9.88 Å². The zero-order valence-electron chi connectivity index (χ0n) is 14.0. The van der Waals surface area contributed by atoms with E-state index in [1.807, 2.05) is 18.2 Å². The molecule has 1 fully saturated rings. The molecule has 2 heterocycles. The van der Waals surface area contributed by atoms with Crippen LogP contribution in [0.25, 0.3) is 0 Å². The quantitative estimate of drug-likeness (QED) is 0.744. The zero-order chi connectivity index (χ0) is 18.0. The van der Waals surface area contributed by atoms with Crippen molar-refractivity contribution in [1.82, 2.24) is 4.98 Å². The predicted molar refractivity (Wildman–Crippen MR) is 98.2 cm³/mol. The van der Waals surface area contributed by atoms with Gasteiger partial charge in [-0.05, 0) is 30.7 Å². The number of hydrogen-bond acceptors (Lipinski definition) is 5. The van der Waals surface area contributed by atoms with Crippen LogP contribution in [0.1, 0.15) is 28.4 Å². The van der Waals surface area contributed by atoms with Crippen molar-refractivity contribution in [3.8, 4) is 5.88 Å². The molecule has 1 aromatic carbocycles. The minimum atomic E-state index is -0.478. The second-order valence-electron chi connectivity index (χ2n) is 5.82. The van der Waals surface area contributed by atoms with Crippen LogP contribution in [0.5, 0.6) is 5.88 Å². The SMILES string of the molecule is COC(=O)c1ccc(C2CCN(c3ccc(Cl)c(Cl)c3)C2)c(OC)n1. The highest BCUT2D eigenvalue weighted by atomic mass is 35.5. The highest BCUT2D eigenvalue weighted by Crippen LogP contribution is 2.36. The number of hydrogen-bond donors (Lipinski definition) is 0. The van der Waals surface area contributed by atoms with Crippen LogP contribution in [0.15, 0.2) is 30.3 Å². The van der Waals surface area contributed by atoms with E-state index in [9.17, 15) is 4.79 Å². The van der Waals surface area contributed by atoms with Crippen molar-refractivity contribution < 1.29 is 14.3 Å². The van der Waals surface area contributed by atoms with E-state index in [4.69, 9.17) is 32.7 Å².